The summed E-state index contributed by atoms with van der Waals surface area (Å²) in [5.74, 6) is 0.909. The molecule has 2 aromatic rings. The Balaban J connectivity index is 2.11. The largest absolute Gasteiger partial charge is 0.377 e. The van der Waals surface area contributed by atoms with Gasteiger partial charge in [-0.25, -0.2) is 4.98 Å². The van der Waals surface area contributed by atoms with Gasteiger partial charge in [0.2, 0.25) is 0 Å². The van der Waals surface area contributed by atoms with Crippen LogP contribution >= 0.6 is 23.4 Å². The molecule has 0 aliphatic heterocycles. The fourth-order valence-electron chi connectivity index (χ4n) is 1.39. The van der Waals surface area contributed by atoms with Crippen molar-refractivity contribution in [1.82, 2.24) is 9.97 Å². The van der Waals surface area contributed by atoms with Gasteiger partial charge in [0.15, 0.2) is 0 Å². The lowest BCUT2D eigenvalue weighted by Crippen LogP contribution is -2.02. The summed E-state index contributed by atoms with van der Waals surface area (Å²) in [6, 6.07) is 5.83. The van der Waals surface area contributed by atoms with Crippen LogP contribution in [0.3, 0.4) is 0 Å². The molecule has 0 saturated heterocycles. The van der Waals surface area contributed by atoms with E-state index in [2.05, 4.69) is 15.3 Å². The van der Waals surface area contributed by atoms with E-state index in [9.17, 15) is 0 Å². The van der Waals surface area contributed by atoms with Gasteiger partial charge < -0.3 is 10.3 Å². The van der Waals surface area contributed by atoms with Gasteiger partial charge in [-0.2, -0.15) is 0 Å². The maximum Gasteiger partial charge on any atom is 0.125 e. The highest BCUT2D eigenvalue weighted by Crippen LogP contribution is 2.28. The van der Waals surface area contributed by atoms with E-state index in [-0.39, 0.29) is 0 Å². The van der Waals surface area contributed by atoms with E-state index in [1.165, 1.54) is 4.90 Å². The smallest absolute Gasteiger partial charge is 0.125 e. The van der Waals surface area contributed by atoms with Crippen molar-refractivity contribution in [1.29, 1.82) is 0 Å². The minimum absolute atomic E-state index is 0.668. The first-order valence-corrected chi connectivity index (χ1v) is 6.45. The maximum atomic E-state index is 5.96. The van der Waals surface area contributed by atoms with Crippen LogP contribution in [0.5, 0.6) is 0 Å². The Morgan fingerprint density at radius 3 is 3.06 bits per heavy atom. The monoisotopic (exact) mass is 253 g/mol. The molecule has 0 fully saturated rings. The van der Waals surface area contributed by atoms with Gasteiger partial charge in [-0.3, -0.25) is 0 Å². The molecule has 1 aromatic carbocycles. The third-order valence-corrected chi connectivity index (χ3v) is 3.19. The van der Waals surface area contributed by atoms with E-state index in [1.807, 2.05) is 30.7 Å². The van der Waals surface area contributed by atoms with Gasteiger partial charge in [0, 0.05) is 28.0 Å². The van der Waals surface area contributed by atoms with E-state index >= 15 is 0 Å². The number of benzene rings is 1. The van der Waals surface area contributed by atoms with Crippen molar-refractivity contribution in [2.45, 2.75) is 11.4 Å². The van der Waals surface area contributed by atoms with Gasteiger partial charge in [0.05, 0.1) is 6.54 Å². The van der Waals surface area contributed by atoms with Gasteiger partial charge in [-0.05, 0) is 24.5 Å². The van der Waals surface area contributed by atoms with Crippen LogP contribution in [-0.4, -0.2) is 16.2 Å². The summed E-state index contributed by atoms with van der Waals surface area (Å²) < 4.78 is 0. The van der Waals surface area contributed by atoms with Crippen LogP contribution in [0.4, 0.5) is 5.69 Å². The molecule has 0 amide bonds. The van der Waals surface area contributed by atoms with Gasteiger partial charge in [-0.15, -0.1) is 11.8 Å². The van der Waals surface area contributed by atoms with Crippen molar-refractivity contribution in [3.05, 3.63) is 41.4 Å². The highest BCUT2D eigenvalue weighted by molar-refractivity contribution is 7.98. The minimum Gasteiger partial charge on any atom is -0.377 e. The summed E-state index contributed by atoms with van der Waals surface area (Å²) in [6.07, 6.45) is 5.59. The molecule has 0 aliphatic rings. The van der Waals surface area contributed by atoms with Gasteiger partial charge >= 0.3 is 0 Å². The normalized spacial score (nSPS) is 10.4. The molecule has 2 N–H and O–H groups in total. The predicted molar refractivity (Wildman–Crippen MR) is 69.1 cm³/mol. The summed E-state index contributed by atoms with van der Waals surface area (Å²) in [7, 11) is 0. The molecule has 3 nitrogen and oxygen atoms in total. The number of nitrogens with one attached hydrogen (secondary N) is 2. The molecular weight excluding hydrogens is 242 g/mol. The molecule has 0 bridgehead atoms. The highest BCUT2D eigenvalue weighted by atomic mass is 35.5. The maximum absolute atomic E-state index is 5.96. The summed E-state index contributed by atoms with van der Waals surface area (Å²) in [4.78, 5) is 8.37. The van der Waals surface area contributed by atoms with Crippen LogP contribution < -0.4 is 5.32 Å². The Kier molecular flexibility index (Phi) is 3.74. The number of hydrogen-bond acceptors (Lipinski definition) is 3. The van der Waals surface area contributed by atoms with Crippen LogP contribution in [0, 0.1) is 0 Å². The van der Waals surface area contributed by atoms with Crippen molar-refractivity contribution in [3.8, 4) is 0 Å². The quantitative estimate of drug-likeness (QED) is 0.821. The number of hydrogen-bond donors (Lipinski definition) is 2. The lowest BCUT2D eigenvalue weighted by Gasteiger charge is -2.09. The lowest BCUT2D eigenvalue weighted by molar-refractivity contribution is 0.994. The van der Waals surface area contributed by atoms with Crippen LogP contribution in [0.15, 0.2) is 35.5 Å². The second kappa shape index (κ2) is 5.27. The molecule has 0 spiro atoms. The second-order valence-corrected chi connectivity index (χ2v) is 4.52. The molecule has 5 heteroatoms. The average Bonchev–Trinajstić information content (AvgIpc) is 2.79. The number of anilines is 1. The lowest BCUT2D eigenvalue weighted by atomic mass is 10.3. The molecule has 2 rings (SSSR count). The predicted octanol–water partition coefficient (Wildman–Crippen LogP) is 3.40. The van der Waals surface area contributed by atoms with E-state index in [4.69, 9.17) is 11.6 Å². The zero-order valence-electron chi connectivity index (χ0n) is 8.83. The molecule has 0 aliphatic carbocycles. The Labute approximate surface area is 104 Å². The number of halogens is 1. The SMILES string of the molecule is CSc1ccc(Cl)cc1NCc1ncc[nH]1. The van der Waals surface area contributed by atoms with E-state index in [0.717, 1.165) is 16.5 Å². The van der Waals surface area contributed by atoms with Crippen molar-refractivity contribution in [3.63, 3.8) is 0 Å². The summed E-state index contributed by atoms with van der Waals surface area (Å²) >= 11 is 7.65. The van der Waals surface area contributed by atoms with E-state index < -0.39 is 0 Å². The van der Waals surface area contributed by atoms with Crippen molar-refractivity contribution >= 4 is 29.1 Å². The molecule has 84 valence electrons. The fraction of sp³-hybridized carbons (Fsp3) is 0.182. The highest BCUT2D eigenvalue weighted by Gasteiger charge is 2.02. The average molecular weight is 254 g/mol. The minimum atomic E-state index is 0.668. The molecule has 16 heavy (non-hydrogen) atoms. The number of nitrogens with zero attached hydrogens (tertiary/aromatic N) is 1. The zero-order valence-corrected chi connectivity index (χ0v) is 10.4. The van der Waals surface area contributed by atoms with Crippen LogP contribution in [0.25, 0.3) is 0 Å². The number of aromatic nitrogens is 2. The van der Waals surface area contributed by atoms with E-state index in [0.29, 0.717) is 6.54 Å². The third kappa shape index (κ3) is 2.71. The number of H-pyrrole nitrogens is 1. The third-order valence-electron chi connectivity index (χ3n) is 2.16. The summed E-state index contributed by atoms with van der Waals surface area (Å²) in [5, 5.41) is 4.04. The van der Waals surface area contributed by atoms with Crippen LogP contribution in [-0.2, 0) is 6.54 Å². The second-order valence-electron chi connectivity index (χ2n) is 3.23. The Morgan fingerprint density at radius 2 is 2.38 bits per heavy atom. The van der Waals surface area contributed by atoms with Crippen molar-refractivity contribution in [2.75, 3.05) is 11.6 Å². The number of imidazole rings is 1. The zero-order chi connectivity index (χ0) is 11.4. The first-order valence-electron chi connectivity index (χ1n) is 4.85. The van der Waals surface area contributed by atoms with Crippen LogP contribution in [0.1, 0.15) is 5.82 Å². The first kappa shape index (κ1) is 11.4. The number of rotatable bonds is 4. The standard InChI is InChI=1S/C11H12ClN3S/c1-16-10-3-2-8(12)6-9(10)15-7-11-13-4-5-14-11/h2-6,15H,7H2,1H3,(H,13,14). The molecule has 1 heterocycles. The van der Waals surface area contributed by atoms with E-state index in [1.54, 1.807) is 18.0 Å². The van der Waals surface area contributed by atoms with Gasteiger partial charge in [0.1, 0.15) is 5.82 Å². The van der Waals surface area contributed by atoms with Crippen molar-refractivity contribution in [2.24, 2.45) is 0 Å². The summed E-state index contributed by atoms with van der Waals surface area (Å²) in [6.45, 7) is 0.668. The molecule has 0 atom stereocenters. The van der Waals surface area contributed by atoms with Crippen molar-refractivity contribution < 1.29 is 0 Å². The number of aromatic amines is 1. The van der Waals surface area contributed by atoms with Crippen LogP contribution in [0.2, 0.25) is 5.02 Å². The Bertz CT molecular complexity index is 456. The number of thioether (sulfide) groups is 1. The first-order chi connectivity index (χ1) is 7.79. The summed E-state index contributed by atoms with van der Waals surface area (Å²) in [5.41, 5.74) is 1.04. The topological polar surface area (TPSA) is 40.7 Å². The van der Waals surface area contributed by atoms with Gasteiger partial charge in [0.25, 0.3) is 0 Å². The molecular formula is C11H12ClN3S. The van der Waals surface area contributed by atoms with Gasteiger partial charge in [-0.1, -0.05) is 11.6 Å². The fourth-order valence-corrected chi connectivity index (χ4v) is 2.12. The molecule has 0 unspecified atom stereocenters. The Morgan fingerprint density at radius 1 is 1.50 bits per heavy atom. The molecule has 0 saturated carbocycles. The Hall–Kier alpha value is -1.13. The molecule has 0 radical (unpaired) electrons. The molecule has 1 aromatic heterocycles.